The van der Waals surface area contributed by atoms with Crippen LogP contribution in [-0.2, 0) is 16.6 Å². The lowest BCUT2D eigenvalue weighted by atomic mass is 10.1. The number of aromatic amines is 1. The van der Waals surface area contributed by atoms with Crippen molar-refractivity contribution in [1.82, 2.24) is 14.3 Å². The highest BCUT2D eigenvalue weighted by Crippen LogP contribution is 2.18. The van der Waals surface area contributed by atoms with Gasteiger partial charge in [-0.2, -0.15) is 4.31 Å². The third-order valence-corrected chi connectivity index (χ3v) is 4.86. The van der Waals surface area contributed by atoms with E-state index in [1.165, 1.54) is 11.4 Å². The van der Waals surface area contributed by atoms with E-state index in [1.807, 2.05) is 6.92 Å². The zero-order valence-electron chi connectivity index (χ0n) is 11.4. The normalized spacial score (nSPS) is 13.6. The Morgan fingerprint density at radius 3 is 2.50 bits per heavy atom. The van der Waals surface area contributed by atoms with Gasteiger partial charge >= 0.3 is 0 Å². The van der Waals surface area contributed by atoms with E-state index in [4.69, 9.17) is 5.73 Å². The summed E-state index contributed by atoms with van der Waals surface area (Å²) >= 11 is 0. The number of nitrogens with one attached hydrogen (secondary N) is 1. The first-order valence-corrected chi connectivity index (χ1v) is 7.65. The highest BCUT2D eigenvalue weighted by Gasteiger charge is 2.21. The maximum atomic E-state index is 12.4. The highest BCUT2D eigenvalue weighted by atomic mass is 32.2. The lowest BCUT2D eigenvalue weighted by Crippen LogP contribution is -2.27. The van der Waals surface area contributed by atoms with Crippen LogP contribution in [-0.4, -0.2) is 29.7 Å². The summed E-state index contributed by atoms with van der Waals surface area (Å²) in [6, 6.07) is 6.50. The van der Waals surface area contributed by atoms with Crippen molar-refractivity contribution in [3.05, 3.63) is 48.0 Å². The topological polar surface area (TPSA) is 92.1 Å². The van der Waals surface area contributed by atoms with Gasteiger partial charge in [-0.1, -0.05) is 12.1 Å². The van der Waals surface area contributed by atoms with Crippen molar-refractivity contribution in [2.45, 2.75) is 24.4 Å². The lowest BCUT2D eigenvalue weighted by Gasteiger charge is -2.16. The van der Waals surface area contributed by atoms with Gasteiger partial charge in [0.05, 0.1) is 11.4 Å². The molecule has 108 valence electrons. The summed E-state index contributed by atoms with van der Waals surface area (Å²) in [7, 11) is -2.00. The molecule has 0 aliphatic rings. The Morgan fingerprint density at radius 1 is 1.35 bits per heavy atom. The summed E-state index contributed by atoms with van der Waals surface area (Å²) in [5.41, 5.74) is 6.65. The molecule has 1 aromatic heterocycles. The first-order valence-electron chi connectivity index (χ1n) is 6.21. The predicted molar refractivity (Wildman–Crippen MR) is 76.3 cm³/mol. The van der Waals surface area contributed by atoms with Crippen LogP contribution in [0.5, 0.6) is 0 Å². The number of sulfonamides is 1. The third-order valence-electron chi connectivity index (χ3n) is 3.04. The summed E-state index contributed by atoms with van der Waals surface area (Å²) in [4.78, 5) is 7.15. The molecule has 1 aromatic carbocycles. The fourth-order valence-corrected chi connectivity index (χ4v) is 2.94. The minimum absolute atomic E-state index is 0.118. The Balaban J connectivity index is 2.21. The number of H-pyrrole nitrogens is 1. The van der Waals surface area contributed by atoms with E-state index in [0.717, 1.165) is 5.56 Å². The second kappa shape index (κ2) is 5.74. The fraction of sp³-hybridized carbons (Fsp3) is 0.308. The molecule has 1 atom stereocenters. The van der Waals surface area contributed by atoms with E-state index < -0.39 is 10.0 Å². The predicted octanol–water partition coefficient (Wildman–Crippen LogP) is 1.25. The Bertz CT molecular complexity index is 648. The number of benzene rings is 1. The molecule has 6 nitrogen and oxygen atoms in total. The first-order chi connectivity index (χ1) is 9.41. The van der Waals surface area contributed by atoms with Crippen LogP contribution in [0.1, 0.15) is 24.4 Å². The van der Waals surface area contributed by atoms with E-state index in [2.05, 4.69) is 9.97 Å². The lowest BCUT2D eigenvalue weighted by molar-refractivity contribution is 0.458. The van der Waals surface area contributed by atoms with Crippen LogP contribution in [0.3, 0.4) is 0 Å². The Labute approximate surface area is 118 Å². The number of hydrogen-bond acceptors (Lipinski definition) is 4. The van der Waals surface area contributed by atoms with Crippen LogP contribution >= 0.6 is 0 Å². The molecule has 7 heteroatoms. The van der Waals surface area contributed by atoms with Crippen LogP contribution in [0, 0.1) is 0 Å². The molecule has 0 amide bonds. The number of aromatic nitrogens is 2. The van der Waals surface area contributed by atoms with Crippen LogP contribution < -0.4 is 5.73 Å². The average Bonchev–Trinajstić information content (AvgIpc) is 2.91. The van der Waals surface area contributed by atoms with Gasteiger partial charge in [-0.15, -0.1) is 0 Å². The zero-order chi connectivity index (χ0) is 14.8. The number of imidazole rings is 1. The van der Waals surface area contributed by atoms with Crippen LogP contribution in [0.15, 0.2) is 41.6 Å². The largest absolute Gasteiger partial charge is 0.347 e. The monoisotopic (exact) mass is 294 g/mol. The maximum Gasteiger partial charge on any atom is 0.243 e. The van der Waals surface area contributed by atoms with Crippen molar-refractivity contribution in [2.24, 2.45) is 5.73 Å². The minimum atomic E-state index is -3.53. The molecule has 0 aliphatic heterocycles. The van der Waals surface area contributed by atoms with Gasteiger partial charge in [0.1, 0.15) is 5.82 Å². The summed E-state index contributed by atoms with van der Waals surface area (Å²) in [6.45, 7) is 2.05. The highest BCUT2D eigenvalue weighted by molar-refractivity contribution is 7.89. The molecule has 0 fully saturated rings. The summed E-state index contributed by atoms with van der Waals surface area (Å²) in [5, 5.41) is 0. The Hall–Kier alpha value is -1.70. The number of rotatable bonds is 5. The van der Waals surface area contributed by atoms with Crippen LogP contribution in [0.4, 0.5) is 0 Å². The summed E-state index contributed by atoms with van der Waals surface area (Å²) < 4.78 is 26.0. The molecule has 20 heavy (non-hydrogen) atoms. The second-order valence-corrected chi connectivity index (χ2v) is 6.70. The molecular weight excluding hydrogens is 276 g/mol. The number of nitrogens with zero attached hydrogens (tertiary/aromatic N) is 2. The van der Waals surface area contributed by atoms with Crippen LogP contribution in [0.2, 0.25) is 0 Å². The second-order valence-electron chi connectivity index (χ2n) is 4.65. The fourth-order valence-electron chi connectivity index (χ4n) is 1.80. The molecular formula is C13H18N4O2S. The van der Waals surface area contributed by atoms with E-state index >= 15 is 0 Å². The standard InChI is InChI=1S/C13H18N4O2S/c1-10(14)11-3-5-12(6-4-11)20(18,19)17(2)9-13-15-7-8-16-13/h3-8,10H,9,14H2,1-2H3,(H,15,16). The molecule has 3 N–H and O–H groups in total. The molecule has 0 radical (unpaired) electrons. The molecule has 2 rings (SSSR count). The average molecular weight is 294 g/mol. The summed E-state index contributed by atoms with van der Waals surface area (Å²) in [5.74, 6) is 0.600. The Morgan fingerprint density at radius 2 is 2.00 bits per heavy atom. The SMILES string of the molecule is CC(N)c1ccc(S(=O)(=O)N(C)Cc2ncc[nH]2)cc1. The van der Waals surface area contributed by atoms with Crippen molar-refractivity contribution in [1.29, 1.82) is 0 Å². The van der Waals surface area contributed by atoms with E-state index in [-0.39, 0.29) is 17.5 Å². The molecule has 0 saturated carbocycles. The molecule has 1 unspecified atom stereocenters. The van der Waals surface area contributed by atoms with Gasteiger partial charge in [0.15, 0.2) is 0 Å². The molecule has 0 bridgehead atoms. The van der Waals surface area contributed by atoms with Crippen molar-refractivity contribution in [2.75, 3.05) is 7.05 Å². The molecule has 1 heterocycles. The van der Waals surface area contributed by atoms with Crippen LogP contribution in [0.25, 0.3) is 0 Å². The Kier molecular flexibility index (Phi) is 4.22. The molecule has 2 aromatic rings. The van der Waals surface area contributed by atoms with Gasteiger partial charge in [-0.3, -0.25) is 0 Å². The van der Waals surface area contributed by atoms with Crippen molar-refractivity contribution in [3.8, 4) is 0 Å². The molecule has 0 aliphatic carbocycles. The van der Waals surface area contributed by atoms with E-state index in [9.17, 15) is 8.42 Å². The summed E-state index contributed by atoms with van der Waals surface area (Å²) in [6.07, 6.45) is 3.25. The van der Waals surface area contributed by atoms with Crippen molar-refractivity contribution < 1.29 is 8.42 Å². The minimum Gasteiger partial charge on any atom is -0.347 e. The van der Waals surface area contributed by atoms with Gasteiger partial charge in [-0.05, 0) is 24.6 Å². The van der Waals surface area contributed by atoms with Crippen molar-refractivity contribution in [3.63, 3.8) is 0 Å². The van der Waals surface area contributed by atoms with Gasteiger partial charge in [0.2, 0.25) is 10.0 Å². The van der Waals surface area contributed by atoms with Gasteiger partial charge < -0.3 is 10.7 Å². The third kappa shape index (κ3) is 3.06. The van der Waals surface area contributed by atoms with Gasteiger partial charge in [-0.25, -0.2) is 13.4 Å². The molecule has 0 spiro atoms. The van der Waals surface area contributed by atoms with Gasteiger partial charge in [0, 0.05) is 25.5 Å². The number of nitrogens with two attached hydrogens (primary N) is 1. The first kappa shape index (κ1) is 14.7. The van der Waals surface area contributed by atoms with Gasteiger partial charge in [0.25, 0.3) is 0 Å². The van der Waals surface area contributed by atoms with Crippen molar-refractivity contribution >= 4 is 10.0 Å². The molecule has 0 saturated heterocycles. The van der Waals surface area contributed by atoms with E-state index in [1.54, 1.807) is 36.7 Å². The maximum absolute atomic E-state index is 12.4. The van der Waals surface area contributed by atoms with E-state index in [0.29, 0.717) is 5.82 Å². The zero-order valence-corrected chi connectivity index (χ0v) is 12.3. The quantitative estimate of drug-likeness (QED) is 0.868. The smallest absolute Gasteiger partial charge is 0.243 e. The number of hydrogen-bond donors (Lipinski definition) is 2.